The van der Waals surface area contributed by atoms with Crippen molar-refractivity contribution in [2.24, 2.45) is 5.92 Å². The van der Waals surface area contributed by atoms with Crippen LogP contribution in [0.3, 0.4) is 0 Å². The Morgan fingerprint density at radius 1 is 1.55 bits per heavy atom. The zero-order valence-corrected chi connectivity index (χ0v) is 11.8. The molecule has 1 aromatic rings. The van der Waals surface area contributed by atoms with Crippen LogP contribution in [-0.2, 0) is 4.74 Å². The molecule has 0 unspecified atom stereocenters. The van der Waals surface area contributed by atoms with Gasteiger partial charge in [-0.2, -0.15) is 0 Å². The molecule has 1 N–H and O–H groups in total. The number of rotatable bonds is 7. The molecule has 7 heteroatoms. The molecule has 2 fully saturated rings. The van der Waals surface area contributed by atoms with Gasteiger partial charge >= 0.3 is 0 Å². The van der Waals surface area contributed by atoms with E-state index in [0.717, 1.165) is 25.6 Å². The minimum Gasteiger partial charge on any atom is -0.379 e. The van der Waals surface area contributed by atoms with Gasteiger partial charge in [-0.15, -0.1) is 5.10 Å². The summed E-state index contributed by atoms with van der Waals surface area (Å²) in [5, 5.41) is 11.1. The molecule has 1 amide bonds. The number of aromatic nitrogens is 3. The van der Waals surface area contributed by atoms with E-state index in [-0.39, 0.29) is 5.91 Å². The standard InChI is InChI=1S/C13H21N5O2/c1-17(4-5-20-9-10-2-3-10)13(19)12-8-18(16-15-12)11-6-14-7-11/h8,10-11,14H,2-7,9H2,1H3. The van der Waals surface area contributed by atoms with Crippen molar-refractivity contribution < 1.29 is 9.53 Å². The molecule has 0 bridgehead atoms. The monoisotopic (exact) mass is 279 g/mol. The van der Waals surface area contributed by atoms with Gasteiger partial charge in [-0.25, -0.2) is 4.68 Å². The molecule has 2 heterocycles. The van der Waals surface area contributed by atoms with Crippen molar-refractivity contribution >= 4 is 5.91 Å². The largest absolute Gasteiger partial charge is 0.379 e. The Labute approximate surface area is 118 Å². The quantitative estimate of drug-likeness (QED) is 0.707. The van der Waals surface area contributed by atoms with Crippen LogP contribution in [0, 0.1) is 5.92 Å². The van der Waals surface area contributed by atoms with Crippen LogP contribution in [0.5, 0.6) is 0 Å². The Kier molecular flexibility index (Phi) is 3.98. The number of nitrogens with zero attached hydrogens (tertiary/aromatic N) is 4. The lowest BCUT2D eigenvalue weighted by Gasteiger charge is -2.26. The lowest BCUT2D eigenvalue weighted by molar-refractivity contribution is 0.0676. The molecule has 2 aliphatic rings. The first-order chi connectivity index (χ1) is 9.74. The minimum absolute atomic E-state index is 0.0986. The summed E-state index contributed by atoms with van der Waals surface area (Å²) in [6, 6.07) is 0.330. The van der Waals surface area contributed by atoms with Crippen molar-refractivity contribution in [2.45, 2.75) is 18.9 Å². The number of carbonyl (C=O) groups excluding carboxylic acids is 1. The van der Waals surface area contributed by atoms with E-state index in [0.29, 0.717) is 24.9 Å². The highest BCUT2D eigenvalue weighted by Gasteiger charge is 2.23. The number of likely N-dealkylation sites (N-methyl/N-ethyl adjacent to an activating group) is 1. The fourth-order valence-electron chi connectivity index (χ4n) is 2.05. The van der Waals surface area contributed by atoms with Crippen LogP contribution in [0.1, 0.15) is 29.4 Å². The number of hydrogen-bond acceptors (Lipinski definition) is 5. The molecular formula is C13H21N5O2. The first-order valence-corrected chi connectivity index (χ1v) is 7.20. The average molecular weight is 279 g/mol. The summed E-state index contributed by atoms with van der Waals surface area (Å²) in [5.41, 5.74) is 0.404. The zero-order chi connectivity index (χ0) is 13.9. The van der Waals surface area contributed by atoms with E-state index in [1.807, 2.05) is 0 Å². The van der Waals surface area contributed by atoms with Crippen molar-refractivity contribution in [1.29, 1.82) is 0 Å². The van der Waals surface area contributed by atoms with Gasteiger partial charge in [0.15, 0.2) is 5.69 Å². The van der Waals surface area contributed by atoms with Gasteiger partial charge < -0.3 is 15.0 Å². The van der Waals surface area contributed by atoms with E-state index in [2.05, 4.69) is 15.6 Å². The van der Waals surface area contributed by atoms with Crippen molar-refractivity contribution in [1.82, 2.24) is 25.2 Å². The first-order valence-electron chi connectivity index (χ1n) is 7.20. The van der Waals surface area contributed by atoms with Gasteiger partial charge in [-0.05, 0) is 18.8 Å². The Morgan fingerprint density at radius 2 is 2.35 bits per heavy atom. The van der Waals surface area contributed by atoms with Crippen molar-refractivity contribution in [3.63, 3.8) is 0 Å². The van der Waals surface area contributed by atoms with E-state index in [1.165, 1.54) is 12.8 Å². The molecule has 1 saturated carbocycles. The molecule has 7 nitrogen and oxygen atoms in total. The second-order valence-electron chi connectivity index (χ2n) is 5.64. The highest BCUT2D eigenvalue weighted by atomic mass is 16.5. The number of nitrogens with one attached hydrogen (secondary N) is 1. The molecule has 1 aromatic heterocycles. The zero-order valence-electron chi connectivity index (χ0n) is 11.8. The van der Waals surface area contributed by atoms with Crippen LogP contribution in [0.2, 0.25) is 0 Å². The van der Waals surface area contributed by atoms with Crippen LogP contribution in [-0.4, -0.2) is 65.7 Å². The van der Waals surface area contributed by atoms with Crippen LogP contribution in [0.25, 0.3) is 0 Å². The van der Waals surface area contributed by atoms with E-state index in [1.54, 1.807) is 22.8 Å². The Bertz CT molecular complexity index is 467. The Morgan fingerprint density at radius 3 is 3.00 bits per heavy atom. The van der Waals surface area contributed by atoms with Crippen LogP contribution >= 0.6 is 0 Å². The maximum Gasteiger partial charge on any atom is 0.275 e. The fourth-order valence-corrected chi connectivity index (χ4v) is 2.05. The van der Waals surface area contributed by atoms with E-state index >= 15 is 0 Å². The van der Waals surface area contributed by atoms with E-state index < -0.39 is 0 Å². The van der Waals surface area contributed by atoms with Gasteiger partial charge in [0.25, 0.3) is 5.91 Å². The van der Waals surface area contributed by atoms with E-state index in [4.69, 9.17) is 4.74 Å². The van der Waals surface area contributed by atoms with Crippen molar-refractivity contribution in [3.05, 3.63) is 11.9 Å². The van der Waals surface area contributed by atoms with Gasteiger partial charge in [0, 0.05) is 33.3 Å². The molecule has 0 radical (unpaired) electrons. The maximum atomic E-state index is 12.2. The predicted octanol–water partition coefficient (Wildman–Crippen LogP) is -0.0790. The lowest BCUT2D eigenvalue weighted by Crippen LogP contribution is -2.43. The highest BCUT2D eigenvalue weighted by molar-refractivity contribution is 5.91. The minimum atomic E-state index is -0.0986. The summed E-state index contributed by atoms with van der Waals surface area (Å²) in [6.07, 6.45) is 4.30. The molecule has 20 heavy (non-hydrogen) atoms. The molecule has 0 aromatic carbocycles. The molecule has 0 spiro atoms. The molecule has 1 aliphatic heterocycles. The normalized spacial score (nSPS) is 18.9. The summed E-state index contributed by atoms with van der Waals surface area (Å²) in [5.74, 6) is 0.658. The topological polar surface area (TPSA) is 72.3 Å². The van der Waals surface area contributed by atoms with Crippen molar-refractivity contribution in [3.8, 4) is 0 Å². The average Bonchev–Trinajstić information content (AvgIpc) is 3.09. The third kappa shape index (κ3) is 3.16. The SMILES string of the molecule is CN(CCOCC1CC1)C(=O)c1cn(C2CNC2)nn1. The second kappa shape index (κ2) is 5.88. The number of amides is 1. The van der Waals surface area contributed by atoms with Gasteiger partial charge in [0.2, 0.25) is 0 Å². The summed E-state index contributed by atoms with van der Waals surface area (Å²) >= 11 is 0. The summed E-state index contributed by atoms with van der Waals surface area (Å²) in [6.45, 7) is 3.78. The molecule has 110 valence electrons. The maximum absolute atomic E-state index is 12.2. The molecule has 1 saturated heterocycles. The molecule has 3 rings (SSSR count). The molecule has 1 aliphatic carbocycles. The predicted molar refractivity (Wildman–Crippen MR) is 72.4 cm³/mol. The highest BCUT2D eigenvalue weighted by Crippen LogP contribution is 2.28. The third-order valence-electron chi connectivity index (χ3n) is 3.83. The van der Waals surface area contributed by atoms with Crippen LogP contribution in [0.15, 0.2) is 6.20 Å². The summed E-state index contributed by atoms with van der Waals surface area (Å²) < 4.78 is 7.31. The summed E-state index contributed by atoms with van der Waals surface area (Å²) in [7, 11) is 1.77. The van der Waals surface area contributed by atoms with E-state index in [9.17, 15) is 4.79 Å². The van der Waals surface area contributed by atoms with Crippen LogP contribution in [0.4, 0.5) is 0 Å². The Hall–Kier alpha value is -1.47. The lowest BCUT2D eigenvalue weighted by atomic mass is 10.2. The van der Waals surface area contributed by atoms with Gasteiger partial charge in [-0.3, -0.25) is 4.79 Å². The molecular weight excluding hydrogens is 258 g/mol. The smallest absolute Gasteiger partial charge is 0.275 e. The Balaban J connectivity index is 1.44. The number of hydrogen-bond donors (Lipinski definition) is 1. The fraction of sp³-hybridized carbons (Fsp3) is 0.769. The molecule has 0 atom stereocenters. The first kappa shape index (κ1) is 13.5. The van der Waals surface area contributed by atoms with Gasteiger partial charge in [0.1, 0.15) is 0 Å². The number of carbonyl (C=O) groups is 1. The van der Waals surface area contributed by atoms with Gasteiger partial charge in [-0.1, -0.05) is 5.21 Å². The van der Waals surface area contributed by atoms with Crippen molar-refractivity contribution in [2.75, 3.05) is 39.9 Å². The van der Waals surface area contributed by atoms with Crippen LogP contribution < -0.4 is 5.32 Å². The third-order valence-corrected chi connectivity index (χ3v) is 3.83. The summed E-state index contributed by atoms with van der Waals surface area (Å²) in [4.78, 5) is 13.8. The second-order valence-corrected chi connectivity index (χ2v) is 5.64. The van der Waals surface area contributed by atoms with Gasteiger partial charge in [0.05, 0.1) is 18.8 Å². The number of ether oxygens (including phenoxy) is 1.